The maximum Gasteiger partial charge on any atom is 0.415 e. The Balaban J connectivity index is 1.57. The monoisotopic (exact) mass is 531 g/mol. The predicted octanol–water partition coefficient (Wildman–Crippen LogP) is 6.34. The molecular weight excluding hydrogens is 486 g/mol. The molecule has 1 heterocycles. The summed E-state index contributed by atoms with van der Waals surface area (Å²) < 4.78 is 28.8. The normalized spacial score (nSPS) is 22.3. The third-order valence-corrected chi connectivity index (χ3v) is 6.63. The van der Waals surface area contributed by atoms with Crippen molar-refractivity contribution < 1.29 is 33.3 Å². The highest BCUT2D eigenvalue weighted by molar-refractivity contribution is 5.72. The second-order valence-electron chi connectivity index (χ2n) is 12.2. The largest absolute Gasteiger partial charge is 0.499 e. The predicted molar refractivity (Wildman–Crippen MR) is 145 cm³/mol. The zero-order chi connectivity index (χ0) is 28.1. The fraction of sp³-hybridized carbons (Fsp3) is 0.667. The van der Waals surface area contributed by atoms with E-state index < -0.39 is 11.2 Å². The summed E-state index contributed by atoms with van der Waals surface area (Å²) in [7, 11) is 1.63. The zero-order valence-corrected chi connectivity index (χ0v) is 24.3. The van der Waals surface area contributed by atoms with Gasteiger partial charge in [0.2, 0.25) is 0 Å². The van der Waals surface area contributed by atoms with E-state index in [1.807, 2.05) is 66.7 Å². The highest BCUT2D eigenvalue weighted by atomic mass is 16.6. The van der Waals surface area contributed by atoms with Crippen molar-refractivity contribution in [1.82, 2.24) is 4.90 Å². The van der Waals surface area contributed by atoms with Crippen LogP contribution in [0.3, 0.4) is 0 Å². The van der Waals surface area contributed by atoms with E-state index in [1.165, 1.54) is 0 Å². The number of nitrogens with zero attached hydrogens (tertiary/aromatic N) is 1. The maximum absolute atomic E-state index is 12.9. The molecule has 1 atom stereocenters. The summed E-state index contributed by atoms with van der Waals surface area (Å²) in [5.74, 6) is 1.44. The number of methoxy groups -OCH3 is 1. The van der Waals surface area contributed by atoms with Gasteiger partial charge in [-0.2, -0.15) is 0 Å². The Morgan fingerprint density at radius 2 is 1.58 bits per heavy atom. The first-order chi connectivity index (χ1) is 17.8. The Kier molecular flexibility index (Phi) is 9.74. The molecular formula is C30H45NO7. The van der Waals surface area contributed by atoms with Crippen molar-refractivity contribution in [2.45, 2.75) is 110 Å². The number of esters is 1. The van der Waals surface area contributed by atoms with Gasteiger partial charge in [0.15, 0.2) is 6.61 Å². The lowest BCUT2D eigenvalue weighted by molar-refractivity contribution is -0.157. The molecule has 2 aliphatic rings. The summed E-state index contributed by atoms with van der Waals surface area (Å²) in [6, 6.07) is 7.86. The van der Waals surface area contributed by atoms with Crippen LogP contribution in [0.5, 0.6) is 5.75 Å². The molecule has 0 bridgehead atoms. The molecule has 0 saturated heterocycles. The molecule has 8 nitrogen and oxygen atoms in total. The number of carbonyl (C=O) groups is 2. The molecule has 0 aromatic heterocycles. The third-order valence-electron chi connectivity index (χ3n) is 6.63. The summed E-state index contributed by atoms with van der Waals surface area (Å²) in [5.41, 5.74) is 0.736. The number of amides is 1. The van der Waals surface area contributed by atoms with Gasteiger partial charge in [0.25, 0.3) is 0 Å². The number of benzene rings is 1. The molecule has 1 aromatic carbocycles. The van der Waals surface area contributed by atoms with E-state index in [1.54, 1.807) is 12.0 Å². The first-order valence-corrected chi connectivity index (χ1v) is 13.6. The molecule has 1 fully saturated rings. The highest BCUT2D eigenvalue weighted by Crippen LogP contribution is 2.39. The lowest BCUT2D eigenvalue weighted by atomic mass is 9.82. The van der Waals surface area contributed by atoms with Gasteiger partial charge in [-0.15, -0.1) is 0 Å². The number of hydrogen-bond acceptors (Lipinski definition) is 7. The lowest BCUT2D eigenvalue weighted by Crippen LogP contribution is -2.40. The molecule has 0 radical (unpaired) electrons. The Hall–Kier alpha value is -2.74. The Labute approximate surface area is 227 Å². The average molecular weight is 532 g/mol. The summed E-state index contributed by atoms with van der Waals surface area (Å²) in [4.78, 5) is 26.7. The van der Waals surface area contributed by atoms with E-state index in [0.717, 1.165) is 48.5 Å². The van der Waals surface area contributed by atoms with Crippen molar-refractivity contribution in [3.63, 3.8) is 0 Å². The molecule has 8 heteroatoms. The van der Waals surface area contributed by atoms with Gasteiger partial charge >= 0.3 is 12.1 Å². The smallest absolute Gasteiger partial charge is 0.415 e. The molecule has 0 N–H and O–H groups in total. The second-order valence-corrected chi connectivity index (χ2v) is 12.2. The third kappa shape index (κ3) is 8.38. The minimum atomic E-state index is -0.579. The van der Waals surface area contributed by atoms with Gasteiger partial charge in [0, 0.05) is 12.5 Å². The standard InChI is InChI=1S/C30H45NO7/c1-20-17-26(34-8)24(31(20)28(33)38-30(5,6)7)18-35-22-15-13-21(14-16-22)23-11-9-10-12-25(23)36-19-27(32)37-29(2,3)4/h9-12,20-22H,13-19H2,1-8H3. The van der Waals surface area contributed by atoms with E-state index in [4.69, 9.17) is 23.7 Å². The van der Waals surface area contributed by atoms with Crippen molar-refractivity contribution in [2.24, 2.45) is 0 Å². The second kappa shape index (κ2) is 12.4. The molecule has 1 aliphatic carbocycles. The van der Waals surface area contributed by atoms with E-state index >= 15 is 0 Å². The van der Waals surface area contributed by atoms with E-state index in [9.17, 15) is 9.59 Å². The van der Waals surface area contributed by atoms with Crippen molar-refractivity contribution in [1.29, 1.82) is 0 Å². The first-order valence-electron chi connectivity index (χ1n) is 13.6. The molecule has 0 spiro atoms. The average Bonchev–Trinajstić information content (AvgIpc) is 3.15. The molecule has 1 saturated carbocycles. The number of rotatable bonds is 8. The highest BCUT2D eigenvalue weighted by Gasteiger charge is 2.37. The summed E-state index contributed by atoms with van der Waals surface area (Å²) in [6.07, 6.45) is 4.03. The van der Waals surface area contributed by atoms with Crippen LogP contribution in [0.1, 0.15) is 92.1 Å². The van der Waals surface area contributed by atoms with Gasteiger partial charge in [-0.1, -0.05) is 18.2 Å². The zero-order valence-electron chi connectivity index (χ0n) is 24.3. The maximum atomic E-state index is 12.9. The molecule has 3 rings (SSSR count). The van der Waals surface area contributed by atoms with Crippen LogP contribution in [-0.4, -0.2) is 60.6 Å². The fourth-order valence-electron chi connectivity index (χ4n) is 5.02. The SMILES string of the molecule is COC1=C(COC2CCC(c3ccccc3OCC(=O)OC(C)(C)C)CC2)N(C(=O)OC(C)(C)C)C(C)C1. The number of carbonyl (C=O) groups excluding carboxylic acids is 2. The van der Waals surface area contributed by atoms with E-state index in [-0.39, 0.29) is 30.8 Å². The molecule has 1 aromatic rings. The van der Waals surface area contributed by atoms with Gasteiger partial charge in [0.1, 0.15) is 22.7 Å². The number of hydrogen-bond donors (Lipinski definition) is 0. The Morgan fingerprint density at radius 1 is 0.947 bits per heavy atom. The Bertz CT molecular complexity index is 997. The van der Waals surface area contributed by atoms with Gasteiger partial charge in [-0.05, 0) is 91.7 Å². The van der Waals surface area contributed by atoms with Crippen LogP contribution in [-0.2, 0) is 23.7 Å². The summed E-state index contributed by atoms with van der Waals surface area (Å²) in [6.45, 7) is 13.3. The number of ether oxygens (including phenoxy) is 5. The van der Waals surface area contributed by atoms with Crippen molar-refractivity contribution in [2.75, 3.05) is 20.3 Å². The number of para-hydroxylation sites is 1. The van der Waals surface area contributed by atoms with Crippen LogP contribution in [0, 0.1) is 0 Å². The van der Waals surface area contributed by atoms with Crippen LogP contribution in [0.4, 0.5) is 4.79 Å². The summed E-state index contributed by atoms with van der Waals surface area (Å²) >= 11 is 0. The minimum absolute atomic E-state index is 0.0497. The van der Waals surface area contributed by atoms with E-state index in [2.05, 4.69) is 6.07 Å². The molecule has 212 valence electrons. The lowest BCUT2D eigenvalue weighted by Gasteiger charge is -2.32. The van der Waals surface area contributed by atoms with Crippen molar-refractivity contribution in [3.05, 3.63) is 41.3 Å². The molecule has 38 heavy (non-hydrogen) atoms. The van der Waals surface area contributed by atoms with Crippen molar-refractivity contribution >= 4 is 12.1 Å². The first kappa shape index (κ1) is 29.8. The van der Waals surface area contributed by atoms with Crippen LogP contribution < -0.4 is 4.74 Å². The van der Waals surface area contributed by atoms with Gasteiger partial charge in [0.05, 0.1) is 25.5 Å². The van der Waals surface area contributed by atoms with Gasteiger partial charge < -0.3 is 23.7 Å². The fourth-order valence-corrected chi connectivity index (χ4v) is 5.02. The Morgan fingerprint density at radius 3 is 2.18 bits per heavy atom. The summed E-state index contributed by atoms with van der Waals surface area (Å²) in [5, 5.41) is 0. The van der Waals surface area contributed by atoms with Crippen LogP contribution in [0.25, 0.3) is 0 Å². The molecule has 1 unspecified atom stereocenters. The molecule has 1 aliphatic heterocycles. The van der Waals surface area contributed by atoms with Crippen LogP contribution >= 0.6 is 0 Å². The topological polar surface area (TPSA) is 83.5 Å². The van der Waals surface area contributed by atoms with Gasteiger partial charge in [-0.25, -0.2) is 9.59 Å². The molecule has 1 amide bonds. The quantitative estimate of drug-likeness (QED) is 0.362. The van der Waals surface area contributed by atoms with Gasteiger partial charge in [-0.3, -0.25) is 4.90 Å². The minimum Gasteiger partial charge on any atom is -0.499 e. The van der Waals surface area contributed by atoms with Crippen LogP contribution in [0.15, 0.2) is 35.7 Å². The van der Waals surface area contributed by atoms with Crippen LogP contribution in [0.2, 0.25) is 0 Å². The van der Waals surface area contributed by atoms with Crippen molar-refractivity contribution in [3.8, 4) is 5.75 Å². The van der Waals surface area contributed by atoms with E-state index in [0.29, 0.717) is 18.9 Å².